The summed E-state index contributed by atoms with van der Waals surface area (Å²) < 4.78 is 13.9. The van der Waals surface area contributed by atoms with Crippen LogP contribution in [0.5, 0.6) is 5.75 Å². The maximum Gasteiger partial charge on any atom is 0.165 e. The van der Waals surface area contributed by atoms with Gasteiger partial charge in [0.15, 0.2) is 11.6 Å². The summed E-state index contributed by atoms with van der Waals surface area (Å²) in [6.07, 6.45) is 0. The predicted molar refractivity (Wildman–Crippen MR) is 97.9 cm³/mol. The minimum Gasteiger partial charge on any atom is -0.505 e. The third-order valence-corrected chi connectivity index (χ3v) is 4.91. The van der Waals surface area contributed by atoms with Crippen LogP contribution in [0.4, 0.5) is 4.39 Å². The van der Waals surface area contributed by atoms with Crippen LogP contribution in [-0.2, 0) is 0 Å². The fourth-order valence-electron chi connectivity index (χ4n) is 2.92. The van der Waals surface area contributed by atoms with Crippen LogP contribution < -0.4 is 5.32 Å². The van der Waals surface area contributed by atoms with E-state index < -0.39 is 5.82 Å². The Morgan fingerprint density at radius 2 is 1.91 bits per heavy atom. The molecule has 1 aliphatic rings. The quantitative estimate of drug-likeness (QED) is 0.853. The largest absolute Gasteiger partial charge is 0.505 e. The van der Waals surface area contributed by atoms with Crippen molar-refractivity contribution in [3.63, 3.8) is 0 Å². The third kappa shape index (κ3) is 4.17. The molecular weight excluding hydrogens is 358 g/mol. The van der Waals surface area contributed by atoms with Crippen LogP contribution in [-0.4, -0.2) is 36.2 Å². The number of rotatable bonds is 3. The van der Waals surface area contributed by atoms with E-state index in [2.05, 4.69) is 16.3 Å². The van der Waals surface area contributed by atoms with Gasteiger partial charge in [-0.25, -0.2) is 4.39 Å². The number of hydrogen-bond donors (Lipinski definition) is 2. The van der Waals surface area contributed by atoms with Crippen LogP contribution in [0.1, 0.15) is 22.0 Å². The van der Waals surface area contributed by atoms with E-state index in [1.165, 1.54) is 6.07 Å². The maximum absolute atomic E-state index is 13.9. The molecule has 1 saturated heterocycles. The number of halogens is 3. The first-order valence-corrected chi connectivity index (χ1v) is 8.02. The van der Waals surface area contributed by atoms with E-state index in [9.17, 15) is 9.50 Å². The van der Waals surface area contributed by atoms with Gasteiger partial charge in [0.25, 0.3) is 0 Å². The summed E-state index contributed by atoms with van der Waals surface area (Å²) >= 11 is 1.65. The number of benzene rings is 1. The second kappa shape index (κ2) is 8.85. The molecule has 23 heavy (non-hydrogen) atoms. The molecule has 0 aliphatic carbocycles. The summed E-state index contributed by atoms with van der Waals surface area (Å²) in [6, 6.07) is 7.05. The number of thiophene rings is 1. The lowest BCUT2D eigenvalue weighted by Crippen LogP contribution is -2.45. The van der Waals surface area contributed by atoms with E-state index in [0.717, 1.165) is 36.6 Å². The Kier molecular flexibility index (Phi) is 7.77. The number of aromatic hydroxyl groups is 1. The van der Waals surface area contributed by atoms with Gasteiger partial charge in [-0.05, 0) is 30.0 Å². The predicted octanol–water partition coefficient (Wildman–Crippen LogP) is 3.74. The molecule has 3 nitrogen and oxygen atoms in total. The minimum atomic E-state index is -0.549. The molecular formula is C16H21Cl2FN2OS. The summed E-state index contributed by atoms with van der Waals surface area (Å²) in [5.74, 6) is -0.765. The molecule has 0 radical (unpaired) electrons. The molecule has 0 bridgehead atoms. The molecule has 1 aliphatic heterocycles. The van der Waals surface area contributed by atoms with Crippen molar-refractivity contribution in [3.8, 4) is 5.75 Å². The third-order valence-electron chi connectivity index (χ3n) is 3.99. The molecule has 7 heteroatoms. The van der Waals surface area contributed by atoms with Crippen LogP contribution in [0.15, 0.2) is 29.6 Å². The zero-order valence-corrected chi connectivity index (χ0v) is 15.2. The Bertz CT molecular complexity index is 619. The molecule has 1 fully saturated rings. The molecule has 128 valence electrons. The molecule has 3 rings (SSSR count). The van der Waals surface area contributed by atoms with Gasteiger partial charge < -0.3 is 10.4 Å². The van der Waals surface area contributed by atoms with Gasteiger partial charge in [-0.2, -0.15) is 0 Å². The van der Waals surface area contributed by atoms with E-state index in [4.69, 9.17) is 0 Å². The van der Waals surface area contributed by atoms with Crippen molar-refractivity contribution < 1.29 is 9.50 Å². The average Bonchev–Trinajstić information content (AvgIpc) is 3.02. The van der Waals surface area contributed by atoms with Crippen molar-refractivity contribution in [1.82, 2.24) is 10.2 Å². The van der Waals surface area contributed by atoms with Crippen LogP contribution in [0.25, 0.3) is 0 Å². The van der Waals surface area contributed by atoms with Gasteiger partial charge in [0.2, 0.25) is 0 Å². The number of nitrogens with zero attached hydrogens (tertiary/aromatic N) is 1. The normalized spacial score (nSPS) is 16.3. The molecule has 1 aromatic carbocycles. The Morgan fingerprint density at radius 1 is 1.22 bits per heavy atom. The molecule has 0 amide bonds. The van der Waals surface area contributed by atoms with E-state index in [0.29, 0.717) is 5.56 Å². The van der Waals surface area contributed by atoms with Gasteiger partial charge in [-0.3, -0.25) is 4.90 Å². The van der Waals surface area contributed by atoms with Crippen LogP contribution >= 0.6 is 36.2 Å². The molecule has 2 N–H and O–H groups in total. The zero-order chi connectivity index (χ0) is 14.8. The summed E-state index contributed by atoms with van der Waals surface area (Å²) in [7, 11) is 0. The topological polar surface area (TPSA) is 35.5 Å². The number of nitrogens with one attached hydrogen (secondary N) is 1. The molecule has 0 spiro atoms. The smallest absolute Gasteiger partial charge is 0.165 e. The molecule has 0 saturated carbocycles. The highest BCUT2D eigenvalue weighted by Crippen LogP contribution is 2.39. The Balaban J connectivity index is 0.00000132. The first-order valence-electron chi connectivity index (χ1n) is 7.14. The second-order valence-electron chi connectivity index (χ2n) is 5.33. The number of aryl methyl sites for hydroxylation is 1. The standard InChI is InChI=1S/C16H19FN2OS.2ClH/c1-11-4-5-12(17)16(20)14(11)15(13-3-2-10-21-13)19-8-6-18-7-9-19;;/h2-5,10,15,18,20H,6-9H2,1H3;2*1H/t15-;;/m0../s1. The fraction of sp³-hybridized carbons (Fsp3) is 0.375. The number of phenols is 1. The Labute approximate surface area is 152 Å². The molecule has 2 heterocycles. The Morgan fingerprint density at radius 3 is 2.52 bits per heavy atom. The molecule has 1 aromatic heterocycles. The lowest BCUT2D eigenvalue weighted by atomic mass is 9.96. The number of phenolic OH excluding ortho intramolecular Hbond substituents is 1. The van der Waals surface area contributed by atoms with Gasteiger partial charge in [0.05, 0.1) is 6.04 Å². The van der Waals surface area contributed by atoms with Crippen molar-refractivity contribution in [2.75, 3.05) is 26.2 Å². The van der Waals surface area contributed by atoms with E-state index >= 15 is 0 Å². The summed E-state index contributed by atoms with van der Waals surface area (Å²) in [6.45, 7) is 5.53. The van der Waals surface area contributed by atoms with Crippen LogP contribution in [0.2, 0.25) is 0 Å². The van der Waals surface area contributed by atoms with Gasteiger partial charge in [0.1, 0.15) is 0 Å². The lowest BCUT2D eigenvalue weighted by Gasteiger charge is -2.35. The first kappa shape index (κ1) is 20.2. The van der Waals surface area contributed by atoms with Gasteiger partial charge in [-0.1, -0.05) is 12.1 Å². The van der Waals surface area contributed by atoms with E-state index in [1.54, 1.807) is 17.4 Å². The van der Waals surface area contributed by atoms with Crippen molar-refractivity contribution in [2.24, 2.45) is 0 Å². The number of hydrogen-bond acceptors (Lipinski definition) is 4. The van der Waals surface area contributed by atoms with E-state index in [1.807, 2.05) is 18.4 Å². The lowest BCUT2D eigenvalue weighted by molar-refractivity contribution is 0.197. The fourth-order valence-corrected chi connectivity index (χ4v) is 3.79. The summed E-state index contributed by atoms with van der Waals surface area (Å²) in [5.41, 5.74) is 1.62. The van der Waals surface area contributed by atoms with Gasteiger partial charge in [-0.15, -0.1) is 36.2 Å². The monoisotopic (exact) mass is 378 g/mol. The first-order chi connectivity index (χ1) is 10.2. The highest BCUT2D eigenvalue weighted by Gasteiger charge is 2.29. The summed E-state index contributed by atoms with van der Waals surface area (Å²) in [5, 5.41) is 15.6. The van der Waals surface area contributed by atoms with Crippen LogP contribution in [0.3, 0.4) is 0 Å². The van der Waals surface area contributed by atoms with E-state index in [-0.39, 0.29) is 36.6 Å². The van der Waals surface area contributed by atoms with Gasteiger partial charge in [0, 0.05) is 36.6 Å². The molecule has 1 atom stereocenters. The zero-order valence-electron chi connectivity index (χ0n) is 12.8. The van der Waals surface area contributed by atoms with Crippen molar-refractivity contribution >= 4 is 36.2 Å². The Hall–Kier alpha value is -0.850. The minimum absolute atomic E-state index is 0. The maximum atomic E-state index is 13.9. The van der Waals surface area contributed by atoms with Gasteiger partial charge >= 0.3 is 0 Å². The van der Waals surface area contributed by atoms with Crippen molar-refractivity contribution in [3.05, 3.63) is 51.5 Å². The molecule has 0 unspecified atom stereocenters. The van der Waals surface area contributed by atoms with Crippen LogP contribution in [0, 0.1) is 12.7 Å². The second-order valence-corrected chi connectivity index (χ2v) is 6.31. The van der Waals surface area contributed by atoms with Crippen molar-refractivity contribution in [1.29, 1.82) is 0 Å². The van der Waals surface area contributed by atoms with Crippen molar-refractivity contribution in [2.45, 2.75) is 13.0 Å². The summed E-state index contributed by atoms with van der Waals surface area (Å²) in [4.78, 5) is 3.45. The average molecular weight is 379 g/mol. The highest BCUT2D eigenvalue weighted by atomic mass is 35.5. The SMILES string of the molecule is Cc1ccc(F)c(O)c1[C@H](c1cccs1)N1CCNCC1.Cl.Cl. The number of piperazine rings is 1. The molecule has 2 aromatic rings. The highest BCUT2D eigenvalue weighted by molar-refractivity contribution is 7.10.